The average Bonchev–Trinajstić information content (AvgIpc) is 3.73. The van der Waals surface area contributed by atoms with Crippen molar-refractivity contribution >= 4 is 70.8 Å². The molecule has 1 aliphatic carbocycles. The molecule has 7 rings (SSSR count). The normalized spacial score (nSPS) is 34.8. The third kappa shape index (κ3) is 6.50. The van der Waals surface area contributed by atoms with Crippen LogP contribution in [0.5, 0.6) is 0 Å². The summed E-state index contributed by atoms with van der Waals surface area (Å²) < 4.78 is 55.4. The summed E-state index contributed by atoms with van der Waals surface area (Å²) in [5, 5.41) is 17.9. The highest BCUT2D eigenvalue weighted by atomic mass is 35.5. The summed E-state index contributed by atoms with van der Waals surface area (Å²) in [5.41, 5.74) is 3.01. The Morgan fingerprint density at radius 3 is 2.83 bits per heavy atom. The fourth-order valence-corrected chi connectivity index (χ4v) is 9.47. The number of rotatable bonds is 5. The molecular weight excluding hydrogens is 717 g/mol. The Kier molecular flexibility index (Phi) is 9.46. The van der Waals surface area contributed by atoms with Crippen molar-refractivity contribution in [2.45, 2.75) is 50.4 Å². The second-order valence-electron chi connectivity index (χ2n) is 11.3. The molecule has 2 aliphatic heterocycles. The minimum atomic E-state index is -3.85. The summed E-state index contributed by atoms with van der Waals surface area (Å²) >= 11 is 17.4. The van der Waals surface area contributed by atoms with E-state index in [1.807, 2.05) is 29.7 Å². The number of benzene rings is 1. The molecule has 2 bridgehead atoms. The molecule has 47 heavy (non-hydrogen) atoms. The van der Waals surface area contributed by atoms with E-state index >= 15 is 4.39 Å². The first-order valence-electron chi connectivity index (χ1n) is 14.6. The molecule has 5 heterocycles. The van der Waals surface area contributed by atoms with Crippen LogP contribution in [-0.4, -0.2) is 84.2 Å². The largest absolute Gasteiger partial charge is 0.345 e. The van der Waals surface area contributed by atoms with Gasteiger partial charge in [-0.15, -0.1) is 5.10 Å². The van der Waals surface area contributed by atoms with E-state index in [2.05, 4.69) is 25.3 Å². The molecule has 1 aromatic carbocycles. The van der Waals surface area contributed by atoms with E-state index in [1.165, 1.54) is 11.0 Å². The van der Waals surface area contributed by atoms with Gasteiger partial charge in [0.2, 0.25) is 0 Å². The van der Waals surface area contributed by atoms with Crippen LogP contribution in [0.25, 0.3) is 22.2 Å². The zero-order valence-electron chi connectivity index (χ0n) is 24.6. The Morgan fingerprint density at radius 2 is 2.00 bits per heavy atom. The van der Waals surface area contributed by atoms with Crippen LogP contribution in [0.2, 0.25) is 5.15 Å². The van der Waals surface area contributed by atoms with Crippen molar-refractivity contribution in [3.8, 4) is 6.07 Å². The van der Waals surface area contributed by atoms with Crippen molar-refractivity contribution in [2.24, 2.45) is 11.8 Å². The van der Waals surface area contributed by atoms with Gasteiger partial charge in [-0.25, -0.2) is 24.0 Å². The van der Waals surface area contributed by atoms with Crippen LogP contribution in [0.3, 0.4) is 0 Å². The van der Waals surface area contributed by atoms with Crippen LogP contribution in [0.1, 0.15) is 30.7 Å². The summed E-state index contributed by atoms with van der Waals surface area (Å²) in [7, 11) is 0. The van der Waals surface area contributed by atoms with Gasteiger partial charge in [0.1, 0.15) is 29.6 Å². The lowest BCUT2D eigenvalue weighted by Gasteiger charge is -2.45. The number of hydrogen-bond donors (Lipinski definition) is 1. The summed E-state index contributed by atoms with van der Waals surface area (Å²) in [6.45, 7) is -6.19. The van der Waals surface area contributed by atoms with Crippen LogP contribution >= 0.6 is 25.0 Å². The Morgan fingerprint density at radius 1 is 1.17 bits per heavy atom. The molecule has 0 spiro atoms. The monoisotopic (exact) mass is 744 g/mol. The SMILES string of the molecule is Cc1cccc2c1nnn2[C@@H]1O[C@@H]2COP(O)(=S)OC[C@@H]3[C@@H](COP(=S)(OCCC#N)O[C@@H]1[C@@H]2F)C[C@H]3n1cnc2c(Cl)ncnc21. The molecule has 3 fully saturated rings. The lowest BCUT2D eigenvalue weighted by atomic mass is 9.70. The van der Waals surface area contributed by atoms with Gasteiger partial charge in [-0.3, -0.25) is 4.52 Å². The number of hydrogen-bond acceptors (Lipinski definition) is 14. The Labute approximate surface area is 282 Å². The molecule has 4 aromatic rings. The number of alkyl halides is 1. The Hall–Kier alpha value is -2.10. The second kappa shape index (κ2) is 13.3. The summed E-state index contributed by atoms with van der Waals surface area (Å²) in [6, 6.07) is 7.28. The van der Waals surface area contributed by atoms with Gasteiger partial charge >= 0.3 is 13.4 Å². The molecule has 15 nitrogen and oxygen atoms in total. The predicted octanol–water partition coefficient (Wildman–Crippen LogP) is 4.47. The van der Waals surface area contributed by atoms with Gasteiger partial charge in [0.25, 0.3) is 0 Å². The van der Waals surface area contributed by atoms with E-state index in [4.69, 9.17) is 67.8 Å². The van der Waals surface area contributed by atoms with Crippen molar-refractivity contribution in [1.29, 1.82) is 5.26 Å². The number of imidazole rings is 1. The molecule has 1 saturated carbocycles. The predicted molar refractivity (Wildman–Crippen MR) is 172 cm³/mol. The third-order valence-corrected chi connectivity index (χ3v) is 12.7. The molecule has 3 aromatic heterocycles. The topological polar surface area (TPSA) is 174 Å². The number of aryl methyl sites for hydroxylation is 1. The van der Waals surface area contributed by atoms with E-state index in [1.54, 1.807) is 12.4 Å². The number of nitriles is 1. The molecule has 21 heteroatoms. The first-order valence-corrected chi connectivity index (χ1v) is 20.1. The lowest BCUT2D eigenvalue weighted by molar-refractivity contribution is -0.0532. The second-order valence-corrected chi connectivity index (χ2v) is 17.5. The summed E-state index contributed by atoms with van der Waals surface area (Å²) in [6.07, 6.45) is -2.09. The van der Waals surface area contributed by atoms with Gasteiger partial charge in [0.15, 0.2) is 23.2 Å². The third-order valence-electron chi connectivity index (χ3n) is 8.52. The lowest BCUT2D eigenvalue weighted by Crippen LogP contribution is -2.43. The fraction of sp³-hybridized carbons (Fsp3) is 0.538. The minimum absolute atomic E-state index is 0.0133. The first kappa shape index (κ1) is 33.4. The molecule has 2 unspecified atom stereocenters. The first-order chi connectivity index (χ1) is 22.6. The molecule has 3 aliphatic rings. The van der Waals surface area contributed by atoms with E-state index in [9.17, 15) is 4.89 Å². The van der Waals surface area contributed by atoms with Crippen molar-refractivity contribution < 1.29 is 36.6 Å². The van der Waals surface area contributed by atoms with Crippen molar-refractivity contribution in [1.82, 2.24) is 34.5 Å². The van der Waals surface area contributed by atoms with E-state index in [-0.39, 0.29) is 49.3 Å². The van der Waals surface area contributed by atoms with Crippen molar-refractivity contribution in [2.75, 3.05) is 26.4 Å². The number of halogens is 2. The van der Waals surface area contributed by atoms with Crippen LogP contribution in [-0.2, 0) is 51.0 Å². The number of nitrogens with zero attached hydrogens (tertiary/aromatic N) is 8. The van der Waals surface area contributed by atoms with Crippen LogP contribution in [0.4, 0.5) is 4.39 Å². The molecule has 0 radical (unpaired) electrons. The van der Waals surface area contributed by atoms with Gasteiger partial charge in [-0.05, 0) is 54.5 Å². The molecule has 1 N–H and O–H groups in total. The van der Waals surface area contributed by atoms with Crippen LogP contribution in [0.15, 0.2) is 30.9 Å². The Bertz CT molecular complexity index is 1950. The van der Waals surface area contributed by atoms with Crippen molar-refractivity contribution in [3.05, 3.63) is 41.6 Å². The number of ether oxygens (including phenoxy) is 1. The van der Waals surface area contributed by atoms with Crippen LogP contribution in [0, 0.1) is 30.1 Å². The number of aromatic nitrogens is 7. The average molecular weight is 745 g/mol. The van der Waals surface area contributed by atoms with E-state index in [0.29, 0.717) is 28.6 Å². The van der Waals surface area contributed by atoms with Crippen LogP contribution < -0.4 is 0 Å². The van der Waals surface area contributed by atoms with Gasteiger partial charge in [0.05, 0.1) is 50.8 Å². The molecule has 9 atom stereocenters. The quantitative estimate of drug-likeness (QED) is 0.172. The summed E-state index contributed by atoms with van der Waals surface area (Å²) in [4.78, 5) is 23.7. The molecular formula is C26H28ClFN8O7P2S2. The highest BCUT2D eigenvalue weighted by Crippen LogP contribution is 2.58. The van der Waals surface area contributed by atoms with Gasteiger partial charge < -0.3 is 32.3 Å². The van der Waals surface area contributed by atoms with Gasteiger partial charge in [-0.1, -0.05) is 28.9 Å². The highest BCUT2D eigenvalue weighted by Gasteiger charge is 2.52. The fourth-order valence-electron chi connectivity index (χ4n) is 6.05. The standard InChI is InChI=1S/C26H28ClFN8O7P2S2/c1-14-4-2-5-17-21(14)33-34-36(17)26-23-20(28)19(42-26)11-40-44(37,46)39-10-16-15(9-41-45(47,43-23)38-7-3-6-29)8-18(16)35-13-32-22-24(27)30-12-31-25(22)35/h2,4-5,12-13,15-16,18-20,23,26H,3,7-11H2,1H3,(H,37,46)/t15-,16-,18-,19-,20-,23-,26-,44?,45?/m1/s1. The van der Waals surface area contributed by atoms with Gasteiger partial charge in [0, 0.05) is 12.0 Å². The van der Waals surface area contributed by atoms with Gasteiger partial charge in [-0.2, -0.15) is 5.26 Å². The maximum absolute atomic E-state index is 16.3. The molecule has 250 valence electrons. The Balaban J connectivity index is 1.21. The maximum Gasteiger partial charge on any atom is 0.327 e. The van der Waals surface area contributed by atoms with E-state index < -0.39 is 44.7 Å². The van der Waals surface area contributed by atoms with Crippen molar-refractivity contribution in [3.63, 3.8) is 0 Å². The van der Waals surface area contributed by atoms with E-state index in [0.717, 1.165) is 5.56 Å². The number of fused-ring (bicyclic) bond motifs is 5. The highest BCUT2D eigenvalue weighted by molar-refractivity contribution is 8.07. The molecule has 2 saturated heterocycles. The molecule has 0 amide bonds. The maximum atomic E-state index is 16.3. The zero-order valence-corrected chi connectivity index (χ0v) is 28.8. The summed E-state index contributed by atoms with van der Waals surface area (Å²) in [5.74, 6) is -0.464. The minimum Gasteiger partial charge on any atom is -0.345 e. The smallest absolute Gasteiger partial charge is 0.327 e. The zero-order chi connectivity index (χ0) is 32.9.